The highest BCUT2D eigenvalue weighted by Crippen LogP contribution is 2.19. The van der Waals surface area contributed by atoms with E-state index >= 15 is 0 Å². The van der Waals surface area contributed by atoms with Crippen LogP contribution in [0.3, 0.4) is 0 Å². The molecular formula is C18H25ClIN5OS. The van der Waals surface area contributed by atoms with Gasteiger partial charge in [0, 0.05) is 68.1 Å². The molecule has 1 aliphatic rings. The van der Waals surface area contributed by atoms with E-state index in [1.165, 1.54) is 4.90 Å². The van der Waals surface area contributed by atoms with E-state index in [1.807, 2.05) is 37.0 Å². The molecule has 0 saturated carbocycles. The Bertz CT molecular complexity index is 690. The number of aliphatic imine (C=N–C) groups is 1. The minimum atomic E-state index is 0. The first-order valence-corrected chi connectivity index (χ1v) is 10.1. The van der Waals surface area contributed by atoms with Crippen LogP contribution in [0.25, 0.3) is 0 Å². The van der Waals surface area contributed by atoms with Crippen molar-refractivity contribution in [3.8, 4) is 0 Å². The molecule has 1 fully saturated rings. The van der Waals surface area contributed by atoms with Crippen LogP contribution in [0.15, 0.2) is 51.0 Å². The lowest BCUT2D eigenvalue weighted by Gasteiger charge is -2.36. The number of aromatic nitrogens is 1. The molecule has 2 heterocycles. The highest BCUT2D eigenvalue weighted by atomic mass is 127. The van der Waals surface area contributed by atoms with Gasteiger partial charge in [-0.2, -0.15) is 0 Å². The molecule has 0 spiro atoms. The molecule has 0 amide bonds. The SMILES string of the molecule is CN=C(NCCSc1ccc(Cl)cc1)N1CCN(Cc2ccon2)CC1.I. The third-order valence-electron chi connectivity index (χ3n) is 4.23. The fraction of sp³-hybridized carbons (Fsp3) is 0.444. The van der Waals surface area contributed by atoms with Crippen molar-refractivity contribution in [2.24, 2.45) is 4.99 Å². The van der Waals surface area contributed by atoms with E-state index in [0.717, 1.165) is 61.7 Å². The standard InChI is InChI=1S/C18H24ClN5OS.HI/c1-20-18(21-7-13-26-17-4-2-15(19)3-5-17)24-10-8-23(9-11-24)14-16-6-12-25-22-16;/h2-6,12H,7-11,13-14H2,1H3,(H,20,21);1H. The fourth-order valence-electron chi connectivity index (χ4n) is 2.86. The molecule has 0 bridgehead atoms. The average molecular weight is 522 g/mol. The number of piperazine rings is 1. The van der Waals surface area contributed by atoms with Crippen molar-refractivity contribution in [1.29, 1.82) is 0 Å². The summed E-state index contributed by atoms with van der Waals surface area (Å²) in [6.45, 7) is 5.62. The lowest BCUT2D eigenvalue weighted by Crippen LogP contribution is -2.52. The van der Waals surface area contributed by atoms with E-state index in [9.17, 15) is 0 Å². The van der Waals surface area contributed by atoms with Gasteiger partial charge in [-0.25, -0.2) is 0 Å². The van der Waals surface area contributed by atoms with Crippen molar-refractivity contribution < 1.29 is 4.52 Å². The molecule has 0 aliphatic carbocycles. The largest absolute Gasteiger partial charge is 0.364 e. The minimum absolute atomic E-state index is 0. The third kappa shape index (κ3) is 7.17. The number of benzene rings is 1. The van der Waals surface area contributed by atoms with Gasteiger partial charge in [0.25, 0.3) is 0 Å². The van der Waals surface area contributed by atoms with Crippen LogP contribution in [0.1, 0.15) is 5.69 Å². The maximum Gasteiger partial charge on any atom is 0.193 e. The van der Waals surface area contributed by atoms with Gasteiger partial charge in [-0.05, 0) is 24.3 Å². The van der Waals surface area contributed by atoms with Crippen molar-refractivity contribution in [3.05, 3.63) is 47.3 Å². The first-order chi connectivity index (χ1) is 12.7. The minimum Gasteiger partial charge on any atom is -0.364 e. The number of hydrogen-bond donors (Lipinski definition) is 1. The van der Waals surface area contributed by atoms with Crippen LogP contribution in [0.5, 0.6) is 0 Å². The van der Waals surface area contributed by atoms with Gasteiger partial charge in [-0.3, -0.25) is 9.89 Å². The molecule has 3 rings (SSSR count). The second kappa shape index (κ2) is 11.8. The topological polar surface area (TPSA) is 56.9 Å². The summed E-state index contributed by atoms with van der Waals surface area (Å²) in [7, 11) is 1.84. The molecule has 2 aromatic rings. The number of nitrogens with one attached hydrogen (secondary N) is 1. The predicted molar refractivity (Wildman–Crippen MR) is 122 cm³/mol. The number of rotatable bonds is 6. The number of thioether (sulfide) groups is 1. The number of nitrogens with zero attached hydrogens (tertiary/aromatic N) is 4. The monoisotopic (exact) mass is 521 g/mol. The smallest absolute Gasteiger partial charge is 0.193 e. The summed E-state index contributed by atoms with van der Waals surface area (Å²) >= 11 is 7.73. The van der Waals surface area contributed by atoms with Crippen LogP contribution in [-0.4, -0.2) is 66.4 Å². The summed E-state index contributed by atoms with van der Waals surface area (Å²) in [5, 5.41) is 8.22. The van der Waals surface area contributed by atoms with Crippen molar-refractivity contribution in [3.63, 3.8) is 0 Å². The van der Waals surface area contributed by atoms with E-state index in [4.69, 9.17) is 16.1 Å². The zero-order valence-electron chi connectivity index (χ0n) is 15.3. The van der Waals surface area contributed by atoms with E-state index in [0.29, 0.717) is 0 Å². The van der Waals surface area contributed by atoms with Gasteiger partial charge < -0.3 is 14.7 Å². The molecule has 1 N–H and O–H groups in total. The summed E-state index contributed by atoms with van der Waals surface area (Å²) < 4.78 is 4.90. The summed E-state index contributed by atoms with van der Waals surface area (Å²) in [4.78, 5) is 10.4. The van der Waals surface area contributed by atoms with Crippen molar-refractivity contribution in [1.82, 2.24) is 20.3 Å². The number of guanidine groups is 1. The molecule has 0 radical (unpaired) electrons. The van der Waals surface area contributed by atoms with Gasteiger partial charge in [0.1, 0.15) is 6.26 Å². The summed E-state index contributed by atoms with van der Waals surface area (Å²) in [6, 6.07) is 9.88. The maximum atomic E-state index is 5.91. The number of halogens is 2. The van der Waals surface area contributed by atoms with Crippen molar-refractivity contribution >= 4 is 53.3 Å². The van der Waals surface area contributed by atoms with Crippen molar-refractivity contribution in [2.45, 2.75) is 11.4 Å². The Kier molecular flexibility index (Phi) is 9.74. The third-order valence-corrected chi connectivity index (χ3v) is 5.49. The van der Waals surface area contributed by atoms with Gasteiger partial charge >= 0.3 is 0 Å². The quantitative estimate of drug-likeness (QED) is 0.207. The lowest BCUT2D eigenvalue weighted by atomic mass is 10.3. The fourth-order valence-corrected chi connectivity index (χ4v) is 3.76. The molecule has 148 valence electrons. The normalized spacial score (nSPS) is 15.5. The second-order valence-electron chi connectivity index (χ2n) is 6.03. The highest BCUT2D eigenvalue weighted by Gasteiger charge is 2.20. The Hall–Kier alpha value is -0.970. The van der Waals surface area contributed by atoms with Crippen LogP contribution in [0.4, 0.5) is 0 Å². The lowest BCUT2D eigenvalue weighted by molar-refractivity contribution is 0.169. The first kappa shape index (κ1) is 22.3. The van der Waals surface area contributed by atoms with Crippen LogP contribution in [0.2, 0.25) is 5.02 Å². The Labute approximate surface area is 186 Å². The Morgan fingerprint density at radius 1 is 1.22 bits per heavy atom. The molecule has 6 nitrogen and oxygen atoms in total. The zero-order chi connectivity index (χ0) is 18.2. The Morgan fingerprint density at radius 3 is 2.59 bits per heavy atom. The van der Waals surface area contributed by atoms with Gasteiger partial charge in [-0.15, -0.1) is 35.7 Å². The van der Waals surface area contributed by atoms with Gasteiger partial charge in [-0.1, -0.05) is 16.8 Å². The predicted octanol–water partition coefficient (Wildman–Crippen LogP) is 3.43. The van der Waals surface area contributed by atoms with E-state index in [2.05, 4.69) is 37.4 Å². The van der Waals surface area contributed by atoms with E-state index in [1.54, 1.807) is 6.26 Å². The number of hydrogen-bond acceptors (Lipinski definition) is 5. The zero-order valence-corrected chi connectivity index (χ0v) is 19.2. The van der Waals surface area contributed by atoms with Gasteiger partial charge in [0.2, 0.25) is 0 Å². The summed E-state index contributed by atoms with van der Waals surface area (Å²) in [5.74, 6) is 1.95. The molecule has 1 aromatic carbocycles. The first-order valence-electron chi connectivity index (χ1n) is 8.70. The van der Waals surface area contributed by atoms with Crippen LogP contribution >= 0.6 is 47.3 Å². The molecule has 0 unspecified atom stereocenters. The molecule has 9 heteroatoms. The molecular weight excluding hydrogens is 497 g/mol. The summed E-state index contributed by atoms with van der Waals surface area (Å²) in [6.07, 6.45) is 1.62. The van der Waals surface area contributed by atoms with Crippen LogP contribution in [-0.2, 0) is 6.54 Å². The van der Waals surface area contributed by atoms with Crippen LogP contribution in [0, 0.1) is 0 Å². The van der Waals surface area contributed by atoms with Crippen molar-refractivity contribution in [2.75, 3.05) is 45.5 Å². The maximum absolute atomic E-state index is 5.91. The summed E-state index contributed by atoms with van der Waals surface area (Å²) in [5.41, 5.74) is 0.986. The Morgan fingerprint density at radius 2 is 1.96 bits per heavy atom. The molecule has 27 heavy (non-hydrogen) atoms. The Balaban J connectivity index is 0.00000261. The molecule has 0 atom stereocenters. The highest BCUT2D eigenvalue weighted by molar-refractivity contribution is 14.0. The van der Waals surface area contributed by atoms with Gasteiger partial charge in [0.15, 0.2) is 5.96 Å². The molecule has 1 aliphatic heterocycles. The second-order valence-corrected chi connectivity index (χ2v) is 7.64. The van der Waals surface area contributed by atoms with E-state index < -0.39 is 0 Å². The molecule has 1 saturated heterocycles. The molecule has 1 aromatic heterocycles. The van der Waals surface area contributed by atoms with Gasteiger partial charge in [0.05, 0.1) is 5.69 Å². The van der Waals surface area contributed by atoms with E-state index in [-0.39, 0.29) is 24.0 Å². The van der Waals surface area contributed by atoms with Crippen LogP contribution < -0.4 is 5.32 Å². The average Bonchev–Trinajstić information content (AvgIpc) is 3.17.